The maximum Gasteiger partial charge on any atom is 0.333 e. The largest absolute Gasteiger partial charge is 0.476 e. The second kappa shape index (κ2) is 15.4. The fourth-order valence-corrected chi connectivity index (χ4v) is 2.80. The zero-order valence-corrected chi connectivity index (χ0v) is 21.2. The minimum Gasteiger partial charge on any atom is -0.476 e. The first-order valence-corrected chi connectivity index (χ1v) is 11.5. The monoisotopic (exact) mass is 446 g/mol. The van der Waals surface area contributed by atoms with E-state index in [9.17, 15) is 4.79 Å². The molecule has 0 aromatic rings. The summed E-state index contributed by atoms with van der Waals surface area (Å²) in [4.78, 5) is 11.3. The molecule has 1 unspecified atom stereocenters. The van der Waals surface area contributed by atoms with Crippen LogP contribution in [0.25, 0.3) is 0 Å². The van der Waals surface area contributed by atoms with Gasteiger partial charge in [0.2, 0.25) is 0 Å². The summed E-state index contributed by atoms with van der Waals surface area (Å²) in [6.45, 7) is 32.0. The molecule has 0 saturated heterocycles. The summed E-state index contributed by atoms with van der Waals surface area (Å²) in [6, 6.07) is 0. The Morgan fingerprint density at radius 1 is 0.906 bits per heavy atom. The van der Waals surface area contributed by atoms with Gasteiger partial charge in [0, 0.05) is 24.4 Å². The third-order valence-corrected chi connectivity index (χ3v) is 5.84. The molecule has 0 aliphatic carbocycles. The van der Waals surface area contributed by atoms with Crippen LogP contribution in [0.4, 0.5) is 0 Å². The number of rotatable bonds is 19. The smallest absolute Gasteiger partial charge is 0.333 e. The van der Waals surface area contributed by atoms with Crippen molar-refractivity contribution in [2.75, 3.05) is 26.3 Å². The topological polar surface area (TPSA) is 59.6 Å². The first kappa shape index (κ1) is 29.6. The molecule has 0 spiro atoms. The fraction of sp³-hybridized carbons (Fsp3) is 0.593. The van der Waals surface area contributed by atoms with Crippen LogP contribution in [0.5, 0.6) is 0 Å². The molecule has 2 N–H and O–H groups in total. The quantitative estimate of drug-likeness (QED) is 0.0834. The van der Waals surface area contributed by atoms with Crippen LogP contribution in [0.1, 0.15) is 66.7 Å². The van der Waals surface area contributed by atoms with E-state index in [1.165, 1.54) is 0 Å². The molecule has 0 aliphatic rings. The molecule has 0 radical (unpaired) electrons. The van der Waals surface area contributed by atoms with Crippen molar-refractivity contribution >= 4 is 5.97 Å². The zero-order chi connectivity index (χ0) is 24.7. The van der Waals surface area contributed by atoms with Crippen LogP contribution in [-0.2, 0) is 14.3 Å². The SMILES string of the molecule is C=C(CCCCC(=C)C(=C)C)NCCC(C)(C)C(C)CNC(=C)OCCOC(=O)C(=C)C. The van der Waals surface area contributed by atoms with Gasteiger partial charge in [-0.3, -0.25) is 0 Å². The Bertz CT molecular complexity index is 676. The molecule has 0 bridgehead atoms. The number of carbonyl (C=O) groups excluding carboxylic acids is 1. The number of unbranched alkanes of at least 4 members (excludes halogenated alkanes) is 1. The average Bonchev–Trinajstić information content (AvgIpc) is 2.71. The molecule has 0 amide bonds. The van der Waals surface area contributed by atoms with Crippen LogP contribution in [0, 0.1) is 11.3 Å². The molecule has 0 aromatic carbocycles. The number of allylic oxidation sites excluding steroid dienone is 3. The average molecular weight is 447 g/mol. The molecule has 0 aliphatic heterocycles. The van der Waals surface area contributed by atoms with Crippen LogP contribution < -0.4 is 10.6 Å². The molecule has 32 heavy (non-hydrogen) atoms. The van der Waals surface area contributed by atoms with Gasteiger partial charge in [-0.15, -0.1) is 0 Å². The maximum atomic E-state index is 11.3. The minimum atomic E-state index is -0.410. The Morgan fingerprint density at radius 3 is 2.09 bits per heavy atom. The van der Waals surface area contributed by atoms with Crippen LogP contribution in [-0.4, -0.2) is 32.3 Å². The summed E-state index contributed by atoms with van der Waals surface area (Å²) >= 11 is 0. The fourth-order valence-electron chi connectivity index (χ4n) is 2.80. The van der Waals surface area contributed by atoms with Crippen LogP contribution in [0.3, 0.4) is 0 Å². The Hall–Kier alpha value is -2.43. The summed E-state index contributed by atoms with van der Waals surface area (Å²) in [7, 11) is 0. The third-order valence-electron chi connectivity index (χ3n) is 5.84. The first-order valence-electron chi connectivity index (χ1n) is 11.5. The predicted octanol–water partition coefficient (Wildman–Crippen LogP) is 6.03. The van der Waals surface area contributed by atoms with Gasteiger partial charge in [0.25, 0.3) is 0 Å². The Kier molecular flexibility index (Phi) is 14.2. The number of hydrogen-bond donors (Lipinski definition) is 2. The highest BCUT2D eigenvalue weighted by molar-refractivity contribution is 5.86. The molecule has 0 fully saturated rings. The summed E-state index contributed by atoms with van der Waals surface area (Å²) in [5, 5.41) is 6.70. The van der Waals surface area contributed by atoms with E-state index < -0.39 is 5.97 Å². The van der Waals surface area contributed by atoms with Gasteiger partial charge < -0.3 is 20.1 Å². The van der Waals surface area contributed by atoms with Crippen LogP contribution in [0.15, 0.2) is 61.2 Å². The highest BCUT2D eigenvalue weighted by atomic mass is 16.6. The van der Waals surface area contributed by atoms with E-state index in [0.717, 1.165) is 62.0 Å². The molecule has 0 heterocycles. The highest BCUT2D eigenvalue weighted by Crippen LogP contribution is 2.30. The lowest BCUT2D eigenvalue weighted by Gasteiger charge is -2.33. The zero-order valence-electron chi connectivity index (χ0n) is 21.2. The van der Waals surface area contributed by atoms with Gasteiger partial charge in [0.05, 0.1) is 0 Å². The molecule has 1 atom stereocenters. The van der Waals surface area contributed by atoms with Crippen molar-refractivity contribution in [1.29, 1.82) is 0 Å². The van der Waals surface area contributed by atoms with E-state index in [0.29, 0.717) is 17.4 Å². The summed E-state index contributed by atoms with van der Waals surface area (Å²) < 4.78 is 10.5. The molecular weight excluding hydrogens is 400 g/mol. The van der Waals surface area contributed by atoms with Crippen molar-refractivity contribution < 1.29 is 14.3 Å². The van der Waals surface area contributed by atoms with E-state index in [2.05, 4.69) is 64.3 Å². The van der Waals surface area contributed by atoms with E-state index in [1.807, 2.05) is 6.92 Å². The third kappa shape index (κ3) is 13.8. The summed E-state index contributed by atoms with van der Waals surface area (Å²) in [5.41, 5.74) is 3.83. The van der Waals surface area contributed by atoms with E-state index in [4.69, 9.17) is 9.47 Å². The van der Waals surface area contributed by atoms with Gasteiger partial charge in [0.15, 0.2) is 5.88 Å². The molecule has 5 nitrogen and oxygen atoms in total. The number of ether oxygens (including phenoxy) is 2. The predicted molar refractivity (Wildman–Crippen MR) is 136 cm³/mol. The lowest BCUT2D eigenvalue weighted by Crippen LogP contribution is -2.34. The Labute approximate surface area is 196 Å². The number of hydrogen-bond acceptors (Lipinski definition) is 5. The standard InChI is InChI=1S/C27H46N2O3/c1-20(2)22(5)13-11-12-14-24(7)28-16-15-27(9,10)23(6)19-29-25(8)31-17-18-32-26(30)21(3)4/h23,28-29H,1,3,5,7-8,11-19H2,2,4,6,9-10H3. The van der Waals surface area contributed by atoms with Crippen LogP contribution >= 0.6 is 0 Å². The molecule has 0 aromatic heterocycles. The van der Waals surface area contributed by atoms with Gasteiger partial charge in [-0.05, 0) is 63.9 Å². The van der Waals surface area contributed by atoms with Crippen molar-refractivity contribution in [2.24, 2.45) is 11.3 Å². The van der Waals surface area contributed by atoms with Gasteiger partial charge in [-0.25, -0.2) is 4.79 Å². The van der Waals surface area contributed by atoms with E-state index in [1.54, 1.807) is 6.92 Å². The number of esters is 1. The lowest BCUT2D eigenvalue weighted by molar-refractivity contribution is -0.140. The summed E-state index contributed by atoms with van der Waals surface area (Å²) in [5.74, 6) is 0.486. The molecule has 5 heteroatoms. The molecule has 0 saturated carbocycles. The van der Waals surface area contributed by atoms with E-state index >= 15 is 0 Å². The normalized spacial score (nSPS) is 11.8. The number of nitrogens with one attached hydrogen (secondary N) is 2. The lowest BCUT2D eigenvalue weighted by atomic mass is 9.77. The molecular formula is C27H46N2O3. The highest BCUT2D eigenvalue weighted by Gasteiger charge is 2.25. The number of carbonyl (C=O) groups is 1. The Morgan fingerprint density at radius 2 is 1.50 bits per heavy atom. The van der Waals surface area contributed by atoms with Crippen LogP contribution in [0.2, 0.25) is 0 Å². The van der Waals surface area contributed by atoms with Gasteiger partial charge >= 0.3 is 5.97 Å². The minimum absolute atomic E-state index is 0.136. The summed E-state index contributed by atoms with van der Waals surface area (Å²) in [6.07, 6.45) is 5.25. The van der Waals surface area contributed by atoms with Gasteiger partial charge in [-0.2, -0.15) is 0 Å². The molecule has 182 valence electrons. The van der Waals surface area contributed by atoms with Crippen molar-refractivity contribution in [1.82, 2.24) is 10.6 Å². The van der Waals surface area contributed by atoms with Crippen molar-refractivity contribution in [3.05, 3.63) is 61.2 Å². The maximum absolute atomic E-state index is 11.3. The second-order valence-electron chi connectivity index (χ2n) is 9.33. The van der Waals surface area contributed by atoms with Crippen molar-refractivity contribution in [2.45, 2.75) is 66.7 Å². The first-order chi connectivity index (χ1) is 14.9. The Balaban J connectivity index is 4.02. The molecule has 0 rings (SSSR count). The van der Waals surface area contributed by atoms with Gasteiger partial charge in [0.1, 0.15) is 13.2 Å². The van der Waals surface area contributed by atoms with Gasteiger partial charge in [-0.1, -0.05) is 58.2 Å². The van der Waals surface area contributed by atoms with E-state index in [-0.39, 0.29) is 18.6 Å². The van der Waals surface area contributed by atoms with Crippen molar-refractivity contribution in [3.63, 3.8) is 0 Å². The van der Waals surface area contributed by atoms with Crippen molar-refractivity contribution in [3.8, 4) is 0 Å². The second-order valence-corrected chi connectivity index (χ2v) is 9.33.